The van der Waals surface area contributed by atoms with Gasteiger partial charge < -0.3 is 5.73 Å². The van der Waals surface area contributed by atoms with Crippen molar-refractivity contribution in [1.82, 2.24) is 4.98 Å². The smallest absolute Gasteiger partial charge is 0.187 e. The molecule has 0 unspecified atom stereocenters. The topological polar surface area (TPSA) is 56.0 Å². The highest BCUT2D eigenvalue weighted by Crippen LogP contribution is 2.12. The second-order valence-corrected chi connectivity index (χ2v) is 3.57. The third kappa shape index (κ3) is 2.78. The lowest BCUT2D eigenvalue weighted by Crippen LogP contribution is -1.99. The first-order valence-electron chi connectivity index (χ1n) is 5.24. The normalized spacial score (nSPS) is 10.6. The summed E-state index contributed by atoms with van der Waals surface area (Å²) in [5, 5.41) is 0. The first-order chi connectivity index (χ1) is 8.27. The lowest BCUT2D eigenvalue weighted by molar-refractivity contribution is 0.104. The van der Waals surface area contributed by atoms with Crippen LogP contribution < -0.4 is 5.73 Å². The van der Waals surface area contributed by atoms with Gasteiger partial charge in [-0.1, -0.05) is 18.2 Å². The van der Waals surface area contributed by atoms with Crippen molar-refractivity contribution in [3.8, 4) is 0 Å². The summed E-state index contributed by atoms with van der Waals surface area (Å²) in [5.74, 6) is -0.105. The van der Waals surface area contributed by atoms with Crippen LogP contribution >= 0.6 is 0 Å². The molecule has 1 heterocycles. The second-order valence-electron chi connectivity index (χ2n) is 3.57. The van der Waals surface area contributed by atoms with Gasteiger partial charge in [-0.05, 0) is 35.9 Å². The number of benzene rings is 1. The maximum atomic E-state index is 11.9. The summed E-state index contributed by atoms with van der Waals surface area (Å²) < 4.78 is 0. The van der Waals surface area contributed by atoms with Gasteiger partial charge in [-0.25, -0.2) is 0 Å². The fourth-order valence-corrected chi connectivity index (χ4v) is 1.46. The number of para-hydroxylation sites is 1. The van der Waals surface area contributed by atoms with Gasteiger partial charge in [-0.15, -0.1) is 0 Å². The third-order valence-corrected chi connectivity index (χ3v) is 2.34. The average molecular weight is 224 g/mol. The van der Waals surface area contributed by atoms with Crippen LogP contribution in [0, 0.1) is 0 Å². The van der Waals surface area contributed by atoms with Crippen LogP contribution in [0.2, 0.25) is 0 Å². The van der Waals surface area contributed by atoms with Gasteiger partial charge in [0, 0.05) is 23.6 Å². The van der Waals surface area contributed by atoms with Gasteiger partial charge in [0.15, 0.2) is 5.78 Å². The summed E-state index contributed by atoms with van der Waals surface area (Å²) in [6.07, 6.45) is 6.61. The molecule has 1 aromatic carbocycles. The Balaban J connectivity index is 2.18. The highest BCUT2D eigenvalue weighted by molar-refractivity contribution is 6.09. The molecular formula is C14H12N2O. The summed E-state index contributed by atoms with van der Waals surface area (Å²) in [6.45, 7) is 0. The van der Waals surface area contributed by atoms with E-state index in [1.54, 1.807) is 42.7 Å². The number of allylic oxidation sites excluding steroid dienone is 1. The number of nitrogens with two attached hydrogens (primary N) is 1. The molecule has 0 saturated heterocycles. The van der Waals surface area contributed by atoms with Crippen molar-refractivity contribution < 1.29 is 4.79 Å². The Morgan fingerprint density at radius 1 is 1.18 bits per heavy atom. The fraction of sp³-hybridized carbons (Fsp3) is 0. The predicted molar refractivity (Wildman–Crippen MR) is 68.5 cm³/mol. The minimum atomic E-state index is -0.105. The van der Waals surface area contributed by atoms with Crippen molar-refractivity contribution in [1.29, 1.82) is 0 Å². The summed E-state index contributed by atoms with van der Waals surface area (Å²) in [7, 11) is 0. The van der Waals surface area contributed by atoms with Crippen LogP contribution in [0.1, 0.15) is 15.9 Å². The Morgan fingerprint density at radius 2 is 2.00 bits per heavy atom. The van der Waals surface area contributed by atoms with Gasteiger partial charge in [0.1, 0.15) is 0 Å². The quantitative estimate of drug-likeness (QED) is 0.495. The van der Waals surface area contributed by atoms with Crippen molar-refractivity contribution in [3.05, 3.63) is 66.0 Å². The van der Waals surface area contributed by atoms with E-state index in [4.69, 9.17) is 5.73 Å². The lowest BCUT2D eigenvalue weighted by atomic mass is 10.1. The predicted octanol–water partition coefficient (Wildman–Crippen LogP) is 2.56. The highest BCUT2D eigenvalue weighted by atomic mass is 16.1. The summed E-state index contributed by atoms with van der Waals surface area (Å²) in [4.78, 5) is 15.8. The first kappa shape index (κ1) is 11.1. The zero-order valence-electron chi connectivity index (χ0n) is 9.21. The second kappa shape index (κ2) is 5.07. The van der Waals surface area contributed by atoms with E-state index in [0.717, 1.165) is 5.56 Å². The number of ketones is 1. The third-order valence-electron chi connectivity index (χ3n) is 2.34. The maximum absolute atomic E-state index is 11.9. The Bertz CT molecular complexity index is 547. The van der Waals surface area contributed by atoms with E-state index in [0.29, 0.717) is 11.3 Å². The molecule has 0 amide bonds. The number of nitrogens with zero attached hydrogens (tertiary/aromatic N) is 1. The van der Waals surface area contributed by atoms with Crippen LogP contribution in [0.5, 0.6) is 0 Å². The van der Waals surface area contributed by atoms with E-state index in [2.05, 4.69) is 4.98 Å². The van der Waals surface area contributed by atoms with E-state index in [9.17, 15) is 4.79 Å². The summed E-state index contributed by atoms with van der Waals surface area (Å²) >= 11 is 0. The Hall–Kier alpha value is -2.42. The molecule has 0 radical (unpaired) electrons. The van der Waals surface area contributed by atoms with Crippen molar-refractivity contribution in [3.63, 3.8) is 0 Å². The minimum absolute atomic E-state index is 0.105. The largest absolute Gasteiger partial charge is 0.398 e. The van der Waals surface area contributed by atoms with Gasteiger partial charge in [0.25, 0.3) is 0 Å². The number of hydrogen-bond acceptors (Lipinski definition) is 3. The molecule has 3 nitrogen and oxygen atoms in total. The molecule has 2 N–H and O–H groups in total. The highest BCUT2D eigenvalue weighted by Gasteiger charge is 2.04. The van der Waals surface area contributed by atoms with Crippen LogP contribution in [0.4, 0.5) is 5.69 Å². The monoisotopic (exact) mass is 224 g/mol. The van der Waals surface area contributed by atoms with Gasteiger partial charge >= 0.3 is 0 Å². The molecule has 2 aromatic rings. The van der Waals surface area contributed by atoms with E-state index in [1.165, 1.54) is 6.08 Å². The van der Waals surface area contributed by atoms with Crippen LogP contribution in [0.15, 0.2) is 54.9 Å². The molecule has 1 aromatic heterocycles. The van der Waals surface area contributed by atoms with Crippen molar-refractivity contribution in [2.45, 2.75) is 0 Å². The van der Waals surface area contributed by atoms with Crippen molar-refractivity contribution >= 4 is 17.5 Å². The van der Waals surface area contributed by atoms with E-state index < -0.39 is 0 Å². The molecular weight excluding hydrogens is 212 g/mol. The average Bonchev–Trinajstić information content (AvgIpc) is 2.38. The van der Waals surface area contributed by atoms with E-state index in [-0.39, 0.29) is 5.78 Å². The number of rotatable bonds is 3. The van der Waals surface area contributed by atoms with E-state index in [1.807, 2.05) is 12.1 Å². The molecule has 0 aliphatic carbocycles. The molecule has 0 aliphatic heterocycles. The fourth-order valence-electron chi connectivity index (χ4n) is 1.46. The van der Waals surface area contributed by atoms with Crippen LogP contribution in [-0.2, 0) is 0 Å². The van der Waals surface area contributed by atoms with Crippen LogP contribution in [-0.4, -0.2) is 10.8 Å². The molecule has 0 spiro atoms. The number of nitrogen functional groups attached to an aromatic ring is 1. The number of carbonyl (C=O) groups is 1. The van der Waals surface area contributed by atoms with Crippen molar-refractivity contribution in [2.24, 2.45) is 0 Å². The van der Waals surface area contributed by atoms with Crippen LogP contribution in [0.3, 0.4) is 0 Å². The van der Waals surface area contributed by atoms with Crippen molar-refractivity contribution in [2.75, 3.05) is 5.73 Å². The summed E-state index contributed by atoms with van der Waals surface area (Å²) in [5.41, 5.74) is 7.62. The van der Waals surface area contributed by atoms with Gasteiger partial charge in [0.2, 0.25) is 0 Å². The molecule has 0 saturated carbocycles. The Labute approximate surface area is 99.6 Å². The van der Waals surface area contributed by atoms with Gasteiger partial charge in [-0.2, -0.15) is 0 Å². The number of pyridine rings is 1. The molecule has 0 aliphatic rings. The Kier molecular flexibility index (Phi) is 3.31. The first-order valence-corrected chi connectivity index (χ1v) is 5.24. The zero-order valence-corrected chi connectivity index (χ0v) is 9.21. The molecule has 2 rings (SSSR count). The number of carbonyl (C=O) groups excluding carboxylic acids is 1. The molecule has 3 heteroatoms. The molecule has 0 bridgehead atoms. The van der Waals surface area contributed by atoms with Gasteiger partial charge in [-0.3, -0.25) is 9.78 Å². The number of anilines is 1. The maximum Gasteiger partial charge on any atom is 0.187 e. The molecule has 17 heavy (non-hydrogen) atoms. The molecule has 0 fully saturated rings. The Morgan fingerprint density at radius 3 is 2.71 bits per heavy atom. The molecule has 84 valence electrons. The van der Waals surface area contributed by atoms with Gasteiger partial charge in [0.05, 0.1) is 0 Å². The lowest BCUT2D eigenvalue weighted by Gasteiger charge is -1.99. The summed E-state index contributed by atoms with van der Waals surface area (Å²) in [6, 6.07) is 10.7. The number of aromatic nitrogens is 1. The standard InChI is InChI=1S/C14H12N2O/c15-13-6-2-1-5-12(13)14(17)8-7-11-4-3-9-16-10-11/h1-10H,15H2. The SMILES string of the molecule is Nc1ccccc1C(=O)C=Cc1cccnc1. The minimum Gasteiger partial charge on any atom is -0.398 e. The van der Waals surface area contributed by atoms with Crippen LogP contribution in [0.25, 0.3) is 6.08 Å². The zero-order chi connectivity index (χ0) is 12.1. The molecule has 0 atom stereocenters. The number of hydrogen-bond donors (Lipinski definition) is 1. The van der Waals surface area contributed by atoms with E-state index >= 15 is 0 Å².